The first-order chi connectivity index (χ1) is 23.9. The van der Waals surface area contributed by atoms with Gasteiger partial charge in [-0.05, 0) is 155 Å². The SMILES string of the molecule is CC(C)[C@@H]1CCC2(NCCN3CCC(S(C)(=O)=O)CC3)CC[C@]3(N)[C@H](CC[C@H]4C3(C)CC[C@@]35NC3(C)[C@H](c3ccc(C(=O)O)cc3)CC[C@]45C)[C@@H]12. The van der Waals surface area contributed by atoms with E-state index < -0.39 is 15.8 Å². The summed E-state index contributed by atoms with van der Waals surface area (Å²) >= 11 is 0. The summed E-state index contributed by atoms with van der Waals surface area (Å²) in [6.07, 6.45) is 14.9. The summed E-state index contributed by atoms with van der Waals surface area (Å²) in [5, 5.41) is 17.8. The fourth-order valence-electron chi connectivity index (χ4n) is 15.1. The van der Waals surface area contributed by atoms with Crippen LogP contribution in [0.1, 0.15) is 134 Å². The van der Waals surface area contributed by atoms with Gasteiger partial charge in [-0.2, -0.15) is 0 Å². The third kappa shape index (κ3) is 5.09. The van der Waals surface area contributed by atoms with Gasteiger partial charge in [0.05, 0.1) is 10.8 Å². The van der Waals surface area contributed by atoms with Gasteiger partial charge in [0.25, 0.3) is 0 Å². The number of rotatable bonds is 8. The van der Waals surface area contributed by atoms with Crippen LogP contribution in [0, 0.1) is 40.4 Å². The van der Waals surface area contributed by atoms with E-state index in [4.69, 9.17) is 5.73 Å². The van der Waals surface area contributed by atoms with Crippen LogP contribution in [-0.2, 0) is 9.84 Å². The van der Waals surface area contributed by atoms with Gasteiger partial charge in [0.2, 0.25) is 0 Å². The van der Waals surface area contributed by atoms with Crippen molar-refractivity contribution in [3.05, 3.63) is 35.4 Å². The second kappa shape index (κ2) is 12.0. The Morgan fingerprint density at radius 1 is 0.941 bits per heavy atom. The lowest BCUT2D eigenvalue weighted by Gasteiger charge is -2.71. The fraction of sp³-hybridized carbons (Fsp3) is 0.833. The highest BCUT2D eigenvalue weighted by molar-refractivity contribution is 7.91. The molecule has 5 aliphatic carbocycles. The minimum absolute atomic E-state index is 0.0184. The minimum Gasteiger partial charge on any atom is -0.478 e. The number of carboxylic acid groups (broad SMARTS) is 1. The molecule has 0 radical (unpaired) electrons. The van der Waals surface area contributed by atoms with E-state index in [0.717, 1.165) is 51.9 Å². The predicted octanol–water partition coefficient (Wildman–Crippen LogP) is 6.21. The van der Waals surface area contributed by atoms with E-state index in [9.17, 15) is 18.3 Å². The molecule has 284 valence electrons. The fourth-order valence-corrected chi connectivity index (χ4v) is 16.2. The van der Waals surface area contributed by atoms with Crippen molar-refractivity contribution in [3.63, 3.8) is 0 Å². The first kappa shape index (κ1) is 36.5. The average Bonchev–Trinajstić information content (AvgIpc) is 3.55. The molecule has 1 spiro atoms. The Kier molecular flexibility index (Phi) is 8.57. The van der Waals surface area contributed by atoms with Gasteiger partial charge in [-0.1, -0.05) is 39.8 Å². The van der Waals surface area contributed by atoms with Gasteiger partial charge in [0, 0.05) is 47.4 Å². The van der Waals surface area contributed by atoms with Gasteiger partial charge in [0.15, 0.2) is 0 Å². The second-order valence-corrected chi connectivity index (χ2v) is 22.1. The van der Waals surface area contributed by atoms with Crippen LogP contribution in [0.25, 0.3) is 0 Å². The average molecular weight is 723 g/mol. The Morgan fingerprint density at radius 2 is 1.65 bits per heavy atom. The molecule has 9 heteroatoms. The van der Waals surface area contributed by atoms with Crippen molar-refractivity contribution in [3.8, 4) is 0 Å². The molecule has 5 saturated carbocycles. The lowest BCUT2D eigenvalue weighted by Crippen LogP contribution is -2.76. The molecule has 2 saturated heterocycles. The molecule has 2 aliphatic heterocycles. The maximum Gasteiger partial charge on any atom is 0.335 e. The molecule has 5 N–H and O–H groups in total. The maximum absolute atomic E-state index is 12.1. The third-order valence-electron chi connectivity index (χ3n) is 17.9. The summed E-state index contributed by atoms with van der Waals surface area (Å²) in [5.41, 5.74) is 10.1. The summed E-state index contributed by atoms with van der Waals surface area (Å²) in [5.74, 6) is 2.57. The standard InChI is InChI=1S/C42H66N4O4S/c1-27(2)31-13-18-40(44-23-26-46-24-15-30(16-25-46)51(6,49)50)20-21-41(43)33(35(31)40)11-12-34-37(41,3)19-22-42-38(34,4)17-14-32(39(42,5)45-42)28-7-9-29(10-8-28)36(47)48/h7-10,27,30-35,44-45H,11-26,43H2,1-6H3,(H,47,48)/t31-,32-,33+,34-,35+,37?,38+,39?,40?,41-,42-/m0/s1. The van der Waals surface area contributed by atoms with Gasteiger partial charge < -0.3 is 26.4 Å². The lowest BCUT2D eigenvalue weighted by molar-refractivity contribution is -0.179. The van der Waals surface area contributed by atoms with Gasteiger partial charge in [-0.3, -0.25) is 0 Å². The van der Waals surface area contributed by atoms with Crippen molar-refractivity contribution >= 4 is 15.8 Å². The number of nitrogens with two attached hydrogens (primary N) is 1. The zero-order chi connectivity index (χ0) is 36.4. The smallest absolute Gasteiger partial charge is 0.335 e. The molecule has 1 aromatic carbocycles. The molecule has 0 aromatic heterocycles. The number of piperidine rings is 1. The number of benzene rings is 1. The first-order valence-corrected chi connectivity index (χ1v) is 22.5. The molecule has 8 nitrogen and oxygen atoms in total. The number of carboxylic acids is 1. The molecule has 2 heterocycles. The number of carbonyl (C=O) groups is 1. The largest absolute Gasteiger partial charge is 0.478 e. The number of nitrogens with zero attached hydrogens (tertiary/aromatic N) is 1. The molecule has 8 rings (SSSR count). The van der Waals surface area contributed by atoms with Gasteiger partial charge in [0.1, 0.15) is 9.84 Å². The van der Waals surface area contributed by atoms with Gasteiger partial charge in [-0.15, -0.1) is 0 Å². The molecule has 3 unspecified atom stereocenters. The van der Waals surface area contributed by atoms with Crippen molar-refractivity contribution in [2.45, 2.75) is 145 Å². The van der Waals surface area contributed by atoms with Crippen LogP contribution < -0.4 is 16.4 Å². The number of aromatic carboxylic acids is 1. The maximum atomic E-state index is 12.1. The van der Waals surface area contributed by atoms with E-state index in [1.165, 1.54) is 63.2 Å². The number of nitrogens with one attached hydrogen (secondary N) is 2. The molecular formula is C42H66N4O4S. The Balaban J connectivity index is 1.02. The quantitative estimate of drug-likeness (QED) is 0.233. The second-order valence-electron chi connectivity index (χ2n) is 19.8. The third-order valence-corrected chi connectivity index (χ3v) is 19.6. The molecule has 11 atom stereocenters. The molecule has 1 aromatic rings. The molecule has 51 heavy (non-hydrogen) atoms. The number of likely N-dealkylation sites (tertiary alicyclic amines) is 1. The van der Waals surface area contributed by atoms with Gasteiger partial charge >= 0.3 is 5.97 Å². The Labute approximate surface area is 307 Å². The number of hydrogen-bond acceptors (Lipinski definition) is 7. The predicted molar refractivity (Wildman–Crippen MR) is 204 cm³/mol. The van der Waals surface area contributed by atoms with Crippen LogP contribution in [-0.4, -0.2) is 84.2 Å². The van der Waals surface area contributed by atoms with Crippen molar-refractivity contribution in [1.82, 2.24) is 15.5 Å². The Morgan fingerprint density at radius 3 is 2.29 bits per heavy atom. The molecule has 0 bridgehead atoms. The van der Waals surface area contributed by atoms with Gasteiger partial charge in [-0.25, -0.2) is 13.2 Å². The van der Waals surface area contributed by atoms with E-state index >= 15 is 0 Å². The Bertz CT molecular complexity index is 1640. The summed E-state index contributed by atoms with van der Waals surface area (Å²) in [6.45, 7) is 16.3. The number of sulfone groups is 1. The normalized spacial score (nSPS) is 46.8. The van der Waals surface area contributed by atoms with Crippen molar-refractivity contribution in [2.75, 3.05) is 32.4 Å². The highest BCUT2D eigenvalue weighted by atomic mass is 32.2. The zero-order valence-corrected chi connectivity index (χ0v) is 33.1. The van der Waals surface area contributed by atoms with Crippen molar-refractivity contribution in [2.24, 2.45) is 46.2 Å². The topological polar surface area (TPSA) is 135 Å². The van der Waals surface area contributed by atoms with E-state index in [1.807, 2.05) is 0 Å². The minimum atomic E-state index is -2.95. The van der Waals surface area contributed by atoms with Crippen LogP contribution in [0.4, 0.5) is 0 Å². The highest BCUT2D eigenvalue weighted by Crippen LogP contribution is 2.78. The van der Waals surface area contributed by atoms with Crippen molar-refractivity contribution < 1.29 is 18.3 Å². The number of hydrogen-bond donors (Lipinski definition) is 4. The molecule has 7 aliphatic rings. The van der Waals surface area contributed by atoms with E-state index in [2.05, 4.69) is 62.3 Å². The van der Waals surface area contributed by atoms with E-state index in [-0.39, 0.29) is 38.2 Å². The van der Waals surface area contributed by atoms with Crippen molar-refractivity contribution in [1.29, 1.82) is 0 Å². The number of fused-ring (bicyclic) bond motifs is 6. The monoisotopic (exact) mass is 722 g/mol. The van der Waals surface area contributed by atoms with Crippen LogP contribution in [0.3, 0.4) is 0 Å². The van der Waals surface area contributed by atoms with Crippen LogP contribution in [0.15, 0.2) is 24.3 Å². The highest BCUT2D eigenvalue weighted by Gasteiger charge is 2.82. The summed E-state index contributed by atoms with van der Waals surface area (Å²) < 4.78 is 24.3. The first-order valence-electron chi connectivity index (χ1n) is 20.5. The van der Waals surface area contributed by atoms with Crippen LogP contribution in [0.5, 0.6) is 0 Å². The summed E-state index contributed by atoms with van der Waals surface area (Å²) in [6, 6.07) is 7.71. The van der Waals surface area contributed by atoms with Crippen LogP contribution in [0.2, 0.25) is 0 Å². The Hall–Kier alpha value is -1.52. The molecule has 7 fully saturated rings. The van der Waals surface area contributed by atoms with E-state index in [1.54, 1.807) is 12.1 Å². The summed E-state index contributed by atoms with van der Waals surface area (Å²) in [4.78, 5) is 14.1. The van der Waals surface area contributed by atoms with Crippen LogP contribution >= 0.6 is 0 Å². The molecular weight excluding hydrogens is 657 g/mol. The molecule has 0 amide bonds. The lowest BCUT2D eigenvalue weighted by atomic mass is 9.35. The summed E-state index contributed by atoms with van der Waals surface area (Å²) in [7, 11) is -2.95. The van der Waals surface area contributed by atoms with E-state index in [0.29, 0.717) is 41.1 Å². The zero-order valence-electron chi connectivity index (χ0n) is 32.3.